The number of pyridine rings is 1. The Hall–Kier alpha value is -1.78. The molecule has 2 rings (SSSR count). The van der Waals surface area contributed by atoms with Gasteiger partial charge in [-0.1, -0.05) is 23.2 Å². The second kappa shape index (κ2) is 5.91. The van der Waals surface area contributed by atoms with Gasteiger partial charge in [-0.15, -0.1) is 5.43 Å². The number of rotatable bonds is 3. The number of aromatic nitrogens is 1. The summed E-state index contributed by atoms with van der Waals surface area (Å²) in [6, 6.07) is 6.62. The zero-order chi connectivity index (χ0) is 13.8. The maximum absolute atomic E-state index is 11.8. The van der Waals surface area contributed by atoms with Crippen molar-refractivity contribution in [3.8, 4) is 0 Å². The number of amides is 1. The van der Waals surface area contributed by atoms with Crippen LogP contribution in [-0.2, 0) is 0 Å². The van der Waals surface area contributed by atoms with E-state index < -0.39 is 5.91 Å². The van der Waals surface area contributed by atoms with E-state index in [1.165, 1.54) is 6.20 Å². The Bertz CT molecular complexity index is 617. The van der Waals surface area contributed by atoms with Gasteiger partial charge in [-0.2, -0.15) is 0 Å². The van der Waals surface area contributed by atoms with Crippen molar-refractivity contribution in [1.82, 2.24) is 10.4 Å². The lowest BCUT2D eigenvalue weighted by atomic mass is 10.2. The minimum absolute atomic E-state index is 0.395. The summed E-state index contributed by atoms with van der Waals surface area (Å²) in [5.41, 5.74) is 8.29. The van der Waals surface area contributed by atoms with Crippen molar-refractivity contribution < 1.29 is 4.79 Å². The summed E-state index contributed by atoms with van der Waals surface area (Å²) in [6.45, 7) is 1.86. The summed E-state index contributed by atoms with van der Waals surface area (Å²) in [4.78, 5) is 15.7. The summed E-state index contributed by atoms with van der Waals surface area (Å²) in [5.74, 6) is -0.401. The van der Waals surface area contributed by atoms with Crippen LogP contribution in [0.4, 0.5) is 5.69 Å². The first kappa shape index (κ1) is 13.6. The van der Waals surface area contributed by atoms with Crippen LogP contribution < -0.4 is 10.9 Å². The van der Waals surface area contributed by atoms with E-state index in [9.17, 15) is 4.79 Å². The number of nitrogens with zero attached hydrogens (tertiary/aromatic N) is 2. The van der Waals surface area contributed by atoms with Crippen LogP contribution in [0.1, 0.15) is 15.9 Å². The molecule has 19 heavy (non-hydrogen) atoms. The van der Waals surface area contributed by atoms with Crippen LogP contribution in [0.3, 0.4) is 0 Å². The molecule has 1 heterocycles. The number of aryl methyl sites for hydroxylation is 1. The maximum Gasteiger partial charge on any atom is 0.295 e. The van der Waals surface area contributed by atoms with E-state index in [1.54, 1.807) is 30.5 Å². The molecule has 0 fully saturated rings. The second-order valence-corrected chi connectivity index (χ2v) is 4.72. The predicted molar refractivity (Wildman–Crippen MR) is 75.5 cm³/mol. The summed E-state index contributed by atoms with van der Waals surface area (Å²) in [5, 5.41) is 0.841. The molecule has 6 heteroatoms. The number of hydrogen-bond donors (Lipinski definition) is 1. The van der Waals surface area contributed by atoms with Gasteiger partial charge in [0.2, 0.25) is 0 Å². The van der Waals surface area contributed by atoms with Crippen LogP contribution in [0.5, 0.6) is 0 Å². The molecule has 0 unspecified atom stereocenters. The minimum atomic E-state index is -0.401. The molecule has 0 saturated heterocycles. The monoisotopic (exact) mass is 294 g/mol. The molecule has 0 bridgehead atoms. The van der Waals surface area contributed by atoms with E-state index in [0.29, 0.717) is 21.3 Å². The second-order valence-electron chi connectivity index (χ2n) is 3.91. The van der Waals surface area contributed by atoms with Crippen LogP contribution in [0, 0.1) is 6.92 Å². The Morgan fingerprint density at radius 3 is 2.68 bits per heavy atom. The number of carbonyl (C=O) groups is 1. The smallest absolute Gasteiger partial charge is 0.275 e. The molecule has 0 spiro atoms. The number of hydrogen-bond acceptors (Lipinski definition) is 3. The van der Waals surface area contributed by atoms with Crippen LogP contribution in [0.25, 0.3) is 0 Å². The number of nitrogens with one attached hydrogen (secondary N) is 1. The third kappa shape index (κ3) is 3.59. The van der Waals surface area contributed by atoms with Crippen LogP contribution in [0.15, 0.2) is 36.7 Å². The summed E-state index contributed by atoms with van der Waals surface area (Å²) >= 11 is 11.6. The topological polar surface area (TPSA) is 56.1 Å². The maximum atomic E-state index is 11.8. The normalized spacial score (nSPS) is 10.1. The van der Waals surface area contributed by atoms with Crippen LogP contribution in [0.2, 0.25) is 10.0 Å². The Kier molecular flexibility index (Phi) is 4.24. The molecule has 2 aromatic rings. The third-order valence-corrected chi connectivity index (χ3v) is 3.07. The molecule has 0 atom stereocenters. The van der Waals surface area contributed by atoms with Crippen molar-refractivity contribution in [1.29, 1.82) is 0 Å². The Balaban J connectivity index is 2.02. The highest BCUT2D eigenvalue weighted by atomic mass is 35.5. The fourth-order valence-corrected chi connectivity index (χ4v) is 1.72. The van der Waals surface area contributed by atoms with Crippen molar-refractivity contribution in [3.05, 3.63) is 57.8 Å². The molecule has 1 N–H and O–H groups in total. The van der Waals surface area contributed by atoms with Crippen molar-refractivity contribution in [3.63, 3.8) is 0 Å². The number of carbonyl (C=O) groups excluding carboxylic acids is 1. The first-order valence-corrected chi connectivity index (χ1v) is 6.19. The van der Waals surface area contributed by atoms with Gasteiger partial charge < -0.3 is 0 Å². The molecule has 0 aliphatic rings. The van der Waals surface area contributed by atoms with E-state index >= 15 is 0 Å². The van der Waals surface area contributed by atoms with Crippen LogP contribution in [-0.4, -0.2) is 10.9 Å². The Labute approximate surface area is 120 Å². The molecule has 0 saturated carbocycles. The van der Waals surface area contributed by atoms with Gasteiger partial charge in [0, 0.05) is 12.4 Å². The summed E-state index contributed by atoms with van der Waals surface area (Å²) < 4.78 is 0. The highest BCUT2D eigenvalue weighted by molar-refractivity contribution is 6.42. The molecule has 1 amide bonds. The SMILES string of the molecule is Cc1cncc(C(=O)[N]Nc2ccc(Cl)c(Cl)c2)c1. The number of benzene rings is 1. The lowest BCUT2D eigenvalue weighted by Crippen LogP contribution is -2.21. The predicted octanol–water partition coefficient (Wildman–Crippen LogP) is 3.47. The van der Waals surface area contributed by atoms with Crippen LogP contribution >= 0.6 is 23.2 Å². The fraction of sp³-hybridized carbons (Fsp3) is 0.0769. The quantitative estimate of drug-likeness (QED) is 0.882. The fourth-order valence-electron chi connectivity index (χ4n) is 1.42. The first-order valence-electron chi connectivity index (χ1n) is 5.44. The lowest BCUT2D eigenvalue weighted by Gasteiger charge is -2.06. The zero-order valence-electron chi connectivity index (χ0n) is 10.0. The molecular weight excluding hydrogens is 285 g/mol. The lowest BCUT2D eigenvalue weighted by molar-refractivity contribution is 0.0958. The Morgan fingerprint density at radius 2 is 2.00 bits per heavy atom. The van der Waals surface area contributed by atoms with Gasteiger partial charge in [0.1, 0.15) is 0 Å². The van der Waals surface area contributed by atoms with Crippen molar-refractivity contribution in [2.24, 2.45) is 0 Å². The summed E-state index contributed by atoms with van der Waals surface area (Å²) in [6.07, 6.45) is 3.14. The van der Waals surface area contributed by atoms with Crippen molar-refractivity contribution in [2.75, 3.05) is 5.43 Å². The van der Waals surface area contributed by atoms with Gasteiger partial charge in [-0.3, -0.25) is 15.2 Å². The van der Waals surface area contributed by atoms with E-state index in [1.807, 2.05) is 6.92 Å². The van der Waals surface area contributed by atoms with Gasteiger partial charge in [0.05, 0.1) is 21.3 Å². The van der Waals surface area contributed by atoms with E-state index in [2.05, 4.69) is 15.8 Å². The third-order valence-electron chi connectivity index (χ3n) is 2.33. The molecule has 1 aromatic heterocycles. The highest BCUT2D eigenvalue weighted by Crippen LogP contribution is 2.24. The number of halogens is 2. The summed E-state index contributed by atoms with van der Waals surface area (Å²) in [7, 11) is 0. The average molecular weight is 295 g/mol. The van der Waals surface area contributed by atoms with E-state index in [-0.39, 0.29) is 0 Å². The van der Waals surface area contributed by atoms with Crippen molar-refractivity contribution >= 4 is 34.8 Å². The number of anilines is 1. The van der Waals surface area contributed by atoms with E-state index in [4.69, 9.17) is 23.2 Å². The van der Waals surface area contributed by atoms with Gasteiger partial charge in [0.15, 0.2) is 0 Å². The van der Waals surface area contributed by atoms with Crippen molar-refractivity contribution in [2.45, 2.75) is 6.92 Å². The van der Waals surface area contributed by atoms with Gasteiger partial charge in [0.25, 0.3) is 5.91 Å². The molecule has 0 aliphatic heterocycles. The van der Waals surface area contributed by atoms with E-state index in [0.717, 1.165) is 5.56 Å². The molecule has 1 radical (unpaired) electrons. The standard InChI is InChI=1S/C13H10Cl2N3O/c1-8-4-9(7-16-6-8)13(19)18-17-10-2-3-11(14)12(15)5-10/h2-7,17H,1H3. The first-order chi connectivity index (χ1) is 9.06. The molecule has 4 nitrogen and oxygen atoms in total. The van der Waals surface area contributed by atoms with Gasteiger partial charge in [-0.05, 0) is 36.8 Å². The minimum Gasteiger partial charge on any atom is -0.275 e. The largest absolute Gasteiger partial charge is 0.295 e. The molecule has 1 aromatic carbocycles. The van der Waals surface area contributed by atoms with Gasteiger partial charge >= 0.3 is 0 Å². The molecule has 97 valence electrons. The van der Waals surface area contributed by atoms with Gasteiger partial charge in [-0.25, -0.2) is 0 Å². The highest BCUT2D eigenvalue weighted by Gasteiger charge is 2.08. The molecule has 0 aliphatic carbocycles. The zero-order valence-corrected chi connectivity index (χ0v) is 11.5. The average Bonchev–Trinajstić information content (AvgIpc) is 2.40. The Morgan fingerprint density at radius 1 is 1.21 bits per heavy atom. The molecular formula is C13H10Cl2N3O.